The van der Waals surface area contributed by atoms with Gasteiger partial charge in [0, 0.05) is 43.5 Å². The molecule has 2 N–H and O–H groups in total. The summed E-state index contributed by atoms with van der Waals surface area (Å²) in [6.45, 7) is 2.96. The minimum absolute atomic E-state index is 0.0470. The fourth-order valence-electron chi connectivity index (χ4n) is 4.39. The van der Waals surface area contributed by atoms with Crippen molar-refractivity contribution < 1.29 is 9.18 Å². The molecule has 0 spiro atoms. The quantitative estimate of drug-likeness (QED) is 0.667. The van der Waals surface area contributed by atoms with Crippen LogP contribution in [0.3, 0.4) is 0 Å². The first-order valence-electron chi connectivity index (χ1n) is 11.2. The number of carbonyl (C=O) groups is 1. The lowest BCUT2D eigenvalue weighted by Gasteiger charge is -2.33. The van der Waals surface area contributed by atoms with Crippen LogP contribution in [0.25, 0.3) is 16.9 Å². The molecule has 1 amide bonds. The molecule has 168 valence electrons. The van der Waals surface area contributed by atoms with Crippen LogP contribution in [0.5, 0.6) is 0 Å². The topological polar surface area (TPSA) is 91.2 Å². The first-order valence-corrected chi connectivity index (χ1v) is 11.2. The Kier molecular flexibility index (Phi) is 5.56. The van der Waals surface area contributed by atoms with Crippen molar-refractivity contribution in [1.82, 2.24) is 14.7 Å². The predicted octanol–water partition coefficient (Wildman–Crippen LogP) is 3.32. The van der Waals surface area contributed by atoms with Crippen LogP contribution in [-0.2, 0) is 0 Å². The van der Waals surface area contributed by atoms with E-state index in [0.29, 0.717) is 24.3 Å². The molecule has 7 nitrogen and oxygen atoms in total. The highest BCUT2D eigenvalue weighted by Gasteiger charge is 2.26. The Morgan fingerprint density at radius 2 is 1.88 bits per heavy atom. The smallest absolute Gasteiger partial charge is 0.274 e. The number of carbonyl (C=O) groups excluding carboxylic acids is 1. The first-order chi connectivity index (χ1) is 16.0. The van der Waals surface area contributed by atoms with Gasteiger partial charge in [0.2, 0.25) is 0 Å². The number of halogens is 1. The summed E-state index contributed by atoms with van der Waals surface area (Å²) in [7, 11) is 0. The Labute approximate surface area is 191 Å². The molecule has 3 heterocycles. The Morgan fingerprint density at radius 1 is 1.09 bits per heavy atom. The lowest BCUT2D eigenvalue weighted by atomic mass is 10.1. The third kappa shape index (κ3) is 4.08. The van der Waals surface area contributed by atoms with Gasteiger partial charge in [0.05, 0.1) is 17.3 Å². The molecular weight excluding hydrogens is 419 g/mol. The maximum absolute atomic E-state index is 15.2. The average Bonchev–Trinajstić information content (AvgIpc) is 3.22. The van der Waals surface area contributed by atoms with Gasteiger partial charge in [-0.05, 0) is 55.7 Å². The Morgan fingerprint density at radius 3 is 2.52 bits per heavy atom. The van der Waals surface area contributed by atoms with E-state index in [1.54, 1.807) is 41.3 Å². The number of likely N-dealkylation sites (tertiary alicyclic amines) is 1. The molecule has 2 fully saturated rings. The molecule has 2 saturated heterocycles. The van der Waals surface area contributed by atoms with Crippen LogP contribution in [0.4, 0.5) is 10.1 Å². The second-order valence-corrected chi connectivity index (χ2v) is 8.65. The van der Waals surface area contributed by atoms with Crippen LogP contribution in [0, 0.1) is 17.1 Å². The van der Waals surface area contributed by atoms with Crippen molar-refractivity contribution in [3.63, 3.8) is 0 Å². The number of anilines is 1. The number of amides is 1. The summed E-state index contributed by atoms with van der Waals surface area (Å²) in [4.78, 5) is 17.0. The highest BCUT2D eigenvalue weighted by Crippen LogP contribution is 2.29. The molecule has 33 heavy (non-hydrogen) atoms. The van der Waals surface area contributed by atoms with E-state index in [1.165, 1.54) is 10.7 Å². The Balaban J connectivity index is 1.56. The number of piperidine rings is 1. The van der Waals surface area contributed by atoms with Gasteiger partial charge in [0.1, 0.15) is 5.69 Å². The van der Waals surface area contributed by atoms with Gasteiger partial charge in [-0.15, -0.1) is 0 Å². The number of nitrogens with two attached hydrogens (primary N) is 1. The zero-order valence-corrected chi connectivity index (χ0v) is 18.2. The van der Waals surface area contributed by atoms with Crippen LogP contribution in [0.1, 0.15) is 35.3 Å². The monoisotopic (exact) mass is 444 g/mol. The van der Waals surface area contributed by atoms with E-state index >= 15 is 4.39 Å². The second-order valence-electron chi connectivity index (χ2n) is 8.65. The summed E-state index contributed by atoms with van der Waals surface area (Å²) in [6, 6.07) is 15.8. The van der Waals surface area contributed by atoms with Crippen LogP contribution in [0.15, 0.2) is 48.5 Å². The van der Waals surface area contributed by atoms with Crippen molar-refractivity contribution >= 4 is 11.6 Å². The zero-order chi connectivity index (χ0) is 22.9. The van der Waals surface area contributed by atoms with E-state index in [2.05, 4.69) is 16.1 Å². The molecule has 2 aliphatic heterocycles. The summed E-state index contributed by atoms with van der Waals surface area (Å²) < 4.78 is 16.7. The number of hydrogen-bond acceptors (Lipinski definition) is 5. The van der Waals surface area contributed by atoms with E-state index in [9.17, 15) is 4.79 Å². The minimum atomic E-state index is -0.406. The lowest BCUT2D eigenvalue weighted by Crippen LogP contribution is -2.45. The standard InChI is InChI=1S/C25H25FN6O/c26-21-13-20(30-11-2-12-30)8-9-23(21)32-24(18-6-4-17(15-27)5-7-18)14-22(29-32)25(33)31-10-1-3-19(28)16-31/h4-9,13-14,19H,1-3,10-12,16,28H2. The molecule has 0 saturated carbocycles. The normalized spacial score (nSPS) is 18.0. The van der Waals surface area contributed by atoms with Crippen LogP contribution in [-0.4, -0.2) is 52.8 Å². The molecule has 8 heteroatoms. The zero-order valence-electron chi connectivity index (χ0n) is 18.2. The number of nitrogens with zero attached hydrogens (tertiary/aromatic N) is 5. The summed E-state index contributed by atoms with van der Waals surface area (Å²) in [6.07, 6.45) is 2.85. The van der Waals surface area contributed by atoms with Crippen molar-refractivity contribution in [2.24, 2.45) is 5.73 Å². The van der Waals surface area contributed by atoms with Gasteiger partial charge in [-0.1, -0.05) is 12.1 Å². The third-order valence-corrected chi connectivity index (χ3v) is 6.36. The number of benzene rings is 2. The summed E-state index contributed by atoms with van der Waals surface area (Å²) in [5, 5.41) is 13.7. The number of aromatic nitrogens is 2. The maximum Gasteiger partial charge on any atom is 0.274 e. The summed E-state index contributed by atoms with van der Waals surface area (Å²) >= 11 is 0. The second kappa shape index (κ2) is 8.68. The van der Waals surface area contributed by atoms with Crippen molar-refractivity contribution in [3.8, 4) is 23.0 Å². The largest absolute Gasteiger partial charge is 0.371 e. The van der Waals surface area contributed by atoms with Crippen molar-refractivity contribution in [3.05, 3.63) is 65.6 Å². The third-order valence-electron chi connectivity index (χ3n) is 6.36. The van der Waals surface area contributed by atoms with Crippen LogP contribution >= 0.6 is 0 Å². The van der Waals surface area contributed by atoms with Gasteiger partial charge in [0.15, 0.2) is 11.5 Å². The number of nitriles is 1. The molecule has 2 aliphatic rings. The van der Waals surface area contributed by atoms with Crippen molar-refractivity contribution in [2.45, 2.75) is 25.3 Å². The van der Waals surface area contributed by atoms with E-state index in [1.807, 2.05) is 6.07 Å². The van der Waals surface area contributed by atoms with E-state index in [4.69, 9.17) is 11.0 Å². The van der Waals surface area contributed by atoms with Crippen LogP contribution < -0.4 is 10.6 Å². The van der Waals surface area contributed by atoms with Gasteiger partial charge in [0.25, 0.3) is 5.91 Å². The molecule has 0 aliphatic carbocycles. The summed E-state index contributed by atoms with van der Waals surface area (Å²) in [5.74, 6) is -0.618. The minimum Gasteiger partial charge on any atom is -0.371 e. The number of hydrogen-bond donors (Lipinski definition) is 1. The van der Waals surface area contributed by atoms with Gasteiger partial charge in [-0.2, -0.15) is 10.4 Å². The first kappa shape index (κ1) is 21.2. The molecule has 1 aromatic heterocycles. The highest BCUT2D eigenvalue weighted by molar-refractivity contribution is 5.93. The Hall–Kier alpha value is -3.70. The highest BCUT2D eigenvalue weighted by atomic mass is 19.1. The average molecular weight is 445 g/mol. The predicted molar refractivity (Wildman–Crippen MR) is 124 cm³/mol. The van der Waals surface area contributed by atoms with Crippen molar-refractivity contribution in [2.75, 3.05) is 31.1 Å². The molecule has 1 atom stereocenters. The lowest BCUT2D eigenvalue weighted by molar-refractivity contribution is 0.0702. The van der Waals surface area contributed by atoms with E-state index < -0.39 is 5.82 Å². The molecule has 3 aromatic rings. The molecule has 5 rings (SSSR count). The fraction of sp³-hybridized carbons (Fsp3) is 0.320. The summed E-state index contributed by atoms with van der Waals surface area (Å²) in [5.41, 5.74) is 9.26. The van der Waals surface area contributed by atoms with Gasteiger partial charge in [-0.25, -0.2) is 9.07 Å². The number of rotatable bonds is 4. The van der Waals surface area contributed by atoms with Crippen LogP contribution in [0.2, 0.25) is 0 Å². The molecule has 1 unspecified atom stereocenters. The molecular formula is C25H25FN6O. The molecule has 0 bridgehead atoms. The van der Waals surface area contributed by atoms with E-state index in [0.717, 1.165) is 43.6 Å². The molecule has 0 radical (unpaired) electrons. The van der Waals surface area contributed by atoms with Gasteiger partial charge >= 0.3 is 0 Å². The van der Waals surface area contributed by atoms with Gasteiger partial charge in [-0.3, -0.25) is 4.79 Å². The Bertz CT molecular complexity index is 1220. The van der Waals surface area contributed by atoms with Gasteiger partial charge < -0.3 is 15.5 Å². The maximum atomic E-state index is 15.2. The van der Waals surface area contributed by atoms with E-state index in [-0.39, 0.29) is 23.3 Å². The van der Waals surface area contributed by atoms with Crippen molar-refractivity contribution in [1.29, 1.82) is 5.26 Å². The SMILES string of the molecule is N#Cc1ccc(-c2cc(C(=O)N3CCCC(N)C3)nn2-c2ccc(N3CCC3)cc2F)cc1. The fourth-order valence-corrected chi connectivity index (χ4v) is 4.39. The molecule has 2 aromatic carbocycles.